The molecule has 2 aliphatic heterocycles. The number of nitrogens with zero attached hydrogens (tertiary/aromatic N) is 1. The molecule has 1 aromatic rings. The van der Waals surface area contributed by atoms with Gasteiger partial charge in [-0.3, -0.25) is 4.79 Å². The maximum absolute atomic E-state index is 12.1. The summed E-state index contributed by atoms with van der Waals surface area (Å²) in [5.74, 6) is 0.433. The number of hydrogen-bond acceptors (Lipinski definition) is 4. The summed E-state index contributed by atoms with van der Waals surface area (Å²) in [5, 5.41) is 8.76. The summed E-state index contributed by atoms with van der Waals surface area (Å²) in [5.41, 5.74) is 1.66. The maximum atomic E-state index is 12.1. The van der Waals surface area contributed by atoms with E-state index in [1.807, 2.05) is 24.3 Å². The summed E-state index contributed by atoms with van der Waals surface area (Å²) in [7, 11) is 0. The minimum Gasteiger partial charge on any atom is -0.368 e. The molecular formula is C21H32N4O3. The first-order chi connectivity index (χ1) is 13.6. The number of urea groups is 1. The van der Waals surface area contributed by atoms with Crippen molar-refractivity contribution in [3.05, 3.63) is 29.8 Å². The molecule has 3 rings (SSSR count). The SMILES string of the molecule is CCCN1CCC(CNC(=O)NCc2cccc(NC(=O)C3CCCO3)c2)C1. The Balaban J connectivity index is 1.38. The second-order valence-electron chi connectivity index (χ2n) is 7.71. The maximum Gasteiger partial charge on any atom is 0.315 e. The quantitative estimate of drug-likeness (QED) is 0.638. The van der Waals surface area contributed by atoms with E-state index in [0.717, 1.165) is 50.1 Å². The largest absolute Gasteiger partial charge is 0.368 e. The van der Waals surface area contributed by atoms with Crippen molar-refractivity contribution in [1.29, 1.82) is 0 Å². The molecule has 28 heavy (non-hydrogen) atoms. The molecule has 3 amide bonds. The van der Waals surface area contributed by atoms with E-state index >= 15 is 0 Å². The molecule has 2 aliphatic rings. The van der Waals surface area contributed by atoms with Crippen LogP contribution in [0, 0.1) is 5.92 Å². The van der Waals surface area contributed by atoms with Gasteiger partial charge in [0, 0.05) is 31.9 Å². The first kappa shape index (κ1) is 20.6. The molecule has 2 atom stereocenters. The monoisotopic (exact) mass is 388 g/mol. The van der Waals surface area contributed by atoms with E-state index in [9.17, 15) is 9.59 Å². The number of carbonyl (C=O) groups excluding carboxylic acids is 2. The lowest BCUT2D eigenvalue weighted by molar-refractivity contribution is -0.124. The molecule has 2 heterocycles. The number of rotatable bonds is 8. The lowest BCUT2D eigenvalue weighted by Gasteiger charge is -2.15. The van der Waals surface area contributed by atoms with Gasteiger partial charge < -0.3 is 25.6 Å². The highest BCUT2D eigenvalue weighted by atomic mass is 16.5. The van der Waals surface area contributed by atoms with Crippen LogP contribution >= 0.6 is 0 Å². The third-order valence-corrected chi connectivity index (χ3v) is 5.33. The van der Waals surface area contributed by atoms with Gasteiger partial charge in [-0.1, -0.05) is 19.1 Å². The summed E-state index contributed by atoms with van der Waals surface area (Å²) >= 11 is 0. The molecule has 1 aromatic carbocycles. The fourth-order valence-corrected chi connectivity index (χ4v) is 3.85. The lowest BCUT2D eigenvalue weighted by Crippen LogP contribution is -2.38. The average molecular weight is 389 g/mol. The van der Waals surface area contributed by atoms with Crippen molar-refractivity contribution in [2.45, 2.75) is 45.3 Å². The van der Waals surface area contributed by atoms with Crippen molar-refractivity contribution >= 4 is 17.6 Å². The van der Waals surface area contributed by atoms with Gasteiger partial charge in [-0.25, -0.2) is 4.79 Å². The Kier molecular flexibility index (Phi) is 7.68. The molecule has 0 radical (unpaired) electrons. The zero-order chi connectivity index (χ0) is 19.8. The number of nitrogens with one attached hydrogen (secondary N) is 3. The summed E-state index contributed by atoms with van der Waals surface area (Å²) in [6.45, 7) is 7.32. The molecule has 0 aromatic heterocycles. The van der Waals surface area contributed by atoms with Crippen LogP contribution in [0.5, 0.6) is 0 Å². The molecule has 0 spiro atoms. The third kappa shape index (κ3) is 6.21. The Hall–Kier alpha value is -2.12. The smallest absolute Gasteiger partial charge is 0.315 e. The predicted molar refractivity (Wildman–Crippen MR) is 109 cm³/mol. The molecule has 0 aliphatic carbocycles. The second kappa shape index (κ2) is 10.4. The van der Waals surface area contributed by atoms with Crippen LogP contribution in [0.4, 0.5) is 10.5 Å². The van der Waals surface area contributed by atoms with Crippen molar-refractivity contribution in [3.63, 3.8) is 0 Å². The highest BCUT2D eigenvalue weighted by molar-refractivity contribution is 5.94. The first-order valence-electron chi connectivity index (χ1n) is 10.4. The van der Waals surface area contributed by atoms with Crippen LogP contribution in [-0.4, -0.2) is 55.7 Å². The van der Waals surface area contributed by atoms with E-state index < -0.39 is 0 Å². The van der Waals surface area contributed by atoms with Crippen LogP contribution in [0.25, 0.3) is 0 Å². The number of anilines is 1. The molecule has 2 fully saturated rings. The van der Waals surface area contributed by atoms with Crippen molar-refractivity contribution in [2.24, 2.45) is 5.92 Å². The van der Waals surface area contributed by atoms with E-state index in [2.05, 4.69) is 27.8 Å². The summed E-state index contributed by atoms with van der Waals surface area (Å²) in [4.78, 5) is 26.7. The highest BCUT2D eigenvalue weighted by Crippen LogP contribution is 2.17. The Morgan fingerprint density at radius 3 is 2.93 bits per heavy atom. The van der Waals surface area contributed by atoms with Gasteiger partial charge in [0.25, 0.3) is 5.91 Å². The van der Waals surface area contributed by atoms with Crippen LogP contribution in [0.15, 0.2) is 24.3 Å². The molecule has 3 N–H and O–H groups in total. The van der Waals surface area contributed by atoms with Crippen molar-refractivity contribution in [3.8, 4) is 0 Å². The Morgan fingerprint density at radius 1 is 1.25 bits per heavy atom. The molecule has 7 nitrogen and oxygen atoms in total. The zero-order valence-electron chi connectivity index (χ0n) is 16.7. The van der Waals surface area contributed by atoms with Gasteiger partial charge >= 0.3 is 6.03 Å². The van der Waals surface area contributed by atoms with Crippen LogP contribution in [0.1, 0.15) is 38.2 Å². The number of benzene rings is 1. The summed E-state index contributed by atoms with van der Waals surface area (Å²) in [6.07, 6.45) is 3.66. The Morgan fingerprint density at radius 2 is 2.14 bits per heavy atom. The molecular weight excluding hydrogens is 356 g/mol. The zero-order valence-corrected chi connectivity index (χ0v) is 16.7. The summed E-state index contributed by atoms with van der Waals surface area (Å²) in [6, 6.07) is 7.39. The van der Waals surface area contributed by atoms with Gasteiger partial charge in [0.15, 0.2) is 0 Å². The van der Waals surface area contributed by atoms with E-state index in [-0.39, 0.29) is 18.0 Å². The third-order valence-electron chi connectivity index (χ3n) is 5.33. The van der Waals surface area contributed by atoms with Gasteiger partial charge in [0.05, 0.1) is 0 Å². The minimum absolute atomic E-state index is 0.103. The molecule has 154 valence electrons. The second-order valence-corrected chi connectivity index (χ2v) is 7.71. The van der Waals surface area contributed by atoms with E-state index in [1.54, 1.807) is 0 Å². The van der Waals surface area contributed by atoms with E-state index in [1.165, 1.54) is 6.42 Å². The van der Waals surface area contributed by atoms with Gasteiger partial charge in [0.2, 0.25) is 0 Å². The number of likely N-dealkylation sites (tertiary alicyclic amines) is 1. The van der Waals surface area contributed by atoms with E-state index in [4.69, 9.17) is 4.74 Å². The number of amides is 3. The fraction of sp³-hybridized carbons (Fsp3) is 0.619. The fourth-order valence-electron chi connectivity index (χ4n) is 3.85. The Bertz CT molecular complexity index is 661. The molecule has 2 saturated heterocycles. The molecule has 7 heteroatoms. The van der Waals surface area contributed by atoms with Gasteiger partial charge in [-0.15, -0.1) is 0 Å². The first-order valence-corrected chi connectivity index (χ1v) is 10.4. The summed E-state index contributed by atoms with van der Waals surface area (Å²) < 4.78 is 5.40. The van der Waals surface area contributed by atoms with Crippen LogP contribution in [0.2, 0.25) is 0 Å². The molecule has 0 bridgehead atoms. The predicted octanol–water partition coefficient (Wildman–Crippen LogP) is 2.34. The Labute approximate surface area is 167 Å². The van der Waals surface area contributed by atoms with Crippen molar-refractivity contribution < 1.29 is 14.3 Å². The van der Waals surface area contributed by atoms with E-state index in [0.29, 0.717) is 25.6 Å². The van der Waals surface area contributed by atoms with Crippen molar-refractivity contribution in [2.75, 3.05) is 38.1 Å². The van der Waals surface area contributed by atoms with Crippen LogP contribution in [0.3, 0.4) is 0 Å². The average Bonchev–Trinajstić information content (AvgIpc) is 3.37. The lowest BCUT2D eigenvalue weighted by atomic mass is 10.1. The molecule has 0 saturated carbocycles. The molecule has 2 unspecified atom stereocenters. The highest BCUT2D eigenvalue weighted by Gasteiger charge is 2.24. The minimum atomic E-state index is -0.351. The van der Waals surface area contributed by atoms with Gasteiger partial charge in [-0.05, 0) is 62.4 Å². The van der Waals surface area contributed by atoms with Crippen LogP contribution < -0.4 is 16.0 Å². The number of hydrogen-bond donors (Lipinski definition) is 3. The normalized spacial score (nSPS) is 22.2. The number of carbonyl (C=O) groups is 2. The van der Waals surface area contributed by atoms with Crippen LogP contribution in [-0.2, 0) is 16.1 Å². The van der Waals surface area contributed by atoms with Gasteiger partial charge in [0.1, 0.15) is 6.10 Å². The number of ether oxygens (including phenoxy) is 1. The standard InChI is InChI=1S/C21H32N4O3/c1-2-9-25-10-8-17(15-25)14-23-21(27)22-13-16-5-3-6-18(12-16)24-20(26)19-7-4-11-28-19/h3,5-6,12,17,19H,2,4,7-11,13-15H2,1H3,(H,24,26)(H2,22,23,27). The topological polar surface area (TPSA) is 82.7 Å². The van der Waals surface area contributed by atoms with Crippen molar-refractivity contribution in [1.82, 2.24) is 15.5 Å². The van der Waals surface area contributed by atoms with Gasteiger partial charge in [-0.2, -0.15) is 0 Å².